The topological polar surface area (TPSA) is 111 Å². The smallest absolute Gasteiger partial charge is 0.244 e. The van der Waals surface area contributed by atoms with Crippen LogP contribution in [0.1, 0.15) is 12.8 Å². The first kappa shape index (κ1) is 17.4. The zero-order valence-electron chi connectivity index (χ0n) is 13.8. The van der Waals surface area contributed by atoms with Gasteiger partial charge in [-0.15, -0.1) is 0 Å². The molecule has 8 nitrogen and oxygen atoms in total. The SMILES string of the molecule is O=C(CCC(=O)N1CC(=O)Nc2ccccc21)NCC1CNCC1O. The number of benzene rings is 1. The van der Waals surface area contributed by atoms with Crippen molar-refractivity contribution in [2.24, 2.45) is 5.92 Å². The molecule has 1 aromatic carbocycles. The van der Waals surface area contributed by atoms with Gasteiger partial charge < -0.3 is 26.0 Å². The molecule has 2 unspecified atom stereocenters. The first-order chi connectivity index (χ1) is 12.0. The number of aliphatic hydroxyl groups excluding tert-OH is 1. The molecular formula is C17H22N4O4. The van der Waals surface area contributed by atoms with Crippen LogP contribution >= 0.6 is 0 Å². The highest BCUT2D eigenvalue weighted by Crippen LogP contribution is 2.29. The summed E-state index contributed by atoms with van der Waals surface area (Å²) < 4.78 is 0. The third-order valence-electron chi connectivity index (χ3n) is 4.50. The van der Waals surface area contributed by atoms with Crippen LogP contribution in [-0.4, -0.2) is 55.1 Å². The molecule has 2 aliphatic heterocycles. The van der Waals surface area contributed by atoms with Gasteiger partial charge in [-0.25, -0.2) is 0 Å². The van der Waals surface area contributed by atoms with Crippen LogP contribution in [-0.2, 0) is 14.4 Å². The second kappa shape index (κ2) is 7.62. The average Bonchev–Trinajstić information content (AvgIpc) is 3.02. The third kappa shape index (κ3) is 4.15. The lowest BCUT2D eigenvalue weighted by Gasteiger charge is -2.29. The Bertz CT molecular complexity index is 678. The first-order valence-electron chi connectivity index (χ1n) is 8.39. The second-order valence-corrected chi connectivity index (χ2v) is 6.33. The summed E-state index contributed by atoms with van der Waals surface area (Å²) in [4.78, 5) is 37.5. The molecule has 3 amide bonds. The summed E-state index contributed by atoms with van der Waals surface area (Å²) in [6.45, 7) is 1.54. The summed E-state index contributed by atoms with van der Waals surface area (Å²) in [5.74, 6) is -0.751. The highest BCUT2D eigenvalue weighted by atomic mass is 16.3. The molecule has 1 saturated heterocycles. The van der Waals surface area contributed by atoms with Crippen LogP contribution in [0.25, 0.3) is 0 Å². The maximum Gasteiger partial charge on any atom is 0.244 e. The Hall–Kier alpha value is -2.45. The minimum Gasteiger partial charge on any atom is -0.391 e. The average molecular weight is 346 g/mol. The summed E-state index contributed by atoms with van der Waals surface area (Å²) in [5, 5.41) is 18.2. The minimum absolute atomic E-state index is 0.00248. The predicted octanol–water partition coefficient (Wildman–Crippen LogP) is -0.552. The number of anilines is 2. The number of carbonyl (C=O) groups excluding carboxylic acids is 3. The van der Waals surface area contributed by atoms with Gasteiger partial charge in [0.15, 0.2) is 0 Å². The largest absolute Gasteiger partial charge is 0.391 e. The molecule has 3 rings (SSSR count). The van der Waals surface area contributed by atoms with E-state index in [1.165, 1.54) is 4.90 Å². The van der Waals surface area contributed by atoms with Gasteiger partial charge in [0.1, 0.15) is 6.54 Å². The molecule has 0 aromatic heterocycles. The van der Waals surface area contributed by atoms with Crippen molar-refractivity contribution in [3.05, 3.63) is 24.3 Å². The van der Waals surface area contributed by atoms with Crippen molar-refractivity contribution in [2.75, 3.05) is 36.4 Å². The van der Waals surface area contributed by atoms with Crippen molar-refractivity contribution < 1.29 is 19.5 Å². The van der Waals surface area contributed by atoms with Gasteiger partial charge in [-0.05, 0) is 12.1 Å². The Labute approximate surface area is 145 Å². The number of nitrogens with zero attached hydrogens (tertiary/aromatic N) is 1. The Morgan fingerprint density at radius 2 is 2.04 bits per heavy atom. The third-order valence-corrected chi connectivity index (χ3v) is 4.50. The zero-order chi connectivity index (χ0) is 17.8. The van der Waals surface area contributed by atoms with Crippen molar-refractivity contribution in [1.29, 1.82) is 0 Å². The summed E-state index contributed by atoms with van der Waals surface area (Å²) in [7, 11) is 0. The Kier molecular flexibility index (Phi) is 5.30. The van der Waals surface area contributed by atoms with E-state index < -0.39 is 6.10 Å². The van der Waals surface area contributed by atoms with Crippen LogP contribution in [0, 0.1) is 5.92 Å². The lowest BCUT2D eigenvalue weighted by molar-refractivity contribution is -0.126. The highest BCUT2D eigenvalue weighted by molar-refractivity contribution is 6.10. The zero-order valence-corrected chi connectivity index (χ0v) is 13.8. The van der Waals surface area contributed by atoms with Crippen LogP contribution in [0.2, 0.25) is 0 Å². The number of β-amino-alcohol motifs (C(OH)–C–C–N with tert-alkyl or cyclic N) is 1. The van der Waals surface area contributed by atoms with Gasteiger partial charge in [-0.2, -0.15) is 0 Å². The quantitative estimate of drug-likeness (QED) is 0.572. The lowest BCUT2D eigenvalue weighted by atomic mass is 10.1. The molecule has 1 fully saturated rings. The van der Waals surface area contributed by atoms with Crippen molar-refractivity contribution in [2.45, 2.75) is 18.9 Å². The Morgan fingerprint density at radius 1 is 1.24 bits per heavy atom. The monoisotopic (exact) mass is 346 g/mol. The van der Waals surface area contributed by atoms with Gasteiger partial charge >= 0.3 is 0 Å². The van der Waals surface area contributed by atoms with Gasteiger partial charge in [0, 0.05) is 38.4 Å². The molecule has 2 heterocycles. The van der Waals surface area contributed by atoms with E-state index in [9.17, 15) is 19.5 Å². The fourth-order valence-corrected chi connectivity index (χ4v) is 3.07. The van der Waals surface area contributed by atoms with Crippen LogP contribution < -0.4 is 20.9 Å². The molecule has 0 saturated carbocycles. The maximum atomic E-state index is 12.4. The number of nitrogens with one attached hydrogen (secondary N) is 3. The number of amides is 3. The number of rotatable bonds is 5. The molecule has 0 spiro atoms. The number of fused-ring (bicyclic) bond motifs is 1. The number of hydrogen-bond donors (Lipinski definition) is 4. The molecule has 0 bridgehead atoms. The van der Waals surface area contributed by atoms with Gasteiger partial charge in [0.25, 0.3) is 0 Å². The molecule has 1 aromatic rings. The molecule has 25 heavy (non-hydrogen) atoms. The summed E-state index contributed by atoms with van der Waals surface area (Å²) in [6.07, 6.45) is -0.376. The van der Waals surface area contributed by atoms with Crippen molar-refractivity contribution in [1.82, 2.24) is 10.6 Å². The molecule has 2 aliphatic rings. The second-order valence-electron chi connectivity index (χ2n) is 6.33. The van der Waals surface area contributed by atoms with Crippen LogP contribution in [0.4, 0.5) is 11.4 Å². The van der Waals surface area contributed by atoms with Crippen molar-refractivity contribution in [3.63, 3.8) is 0 Å². The van der Waals surface area contributed by atoms with E-state index in [1.54, 1.807) is 24.3 Å². The Morgan fingerprint density at radius 3 is 2.80 bits per heavy atom. The molecule has 0 aliphatic carbocycles. The van der Waals surface area contributed by atoms with E-state index in [4.69, 9.17) is 0 Å². The summed E-state index contributed by atoms with van der Waals surface area (Å²) in [6, 6.07) is 7.08. The highest BCUT2D eigenvalue weighted by Gasteiger charge is 2.27. The number of carbonyl (C=O) groups is 3. The first-order valence-corrected chi connectivity index (χ1v) is 8.39. The number of para-hydroxylation sites is 2. The maximum absolute atomic E-state index is 12.4. The number of hydrogen-bond acceptors (Lipinski definition) is 5. The van der Waals surface area contributed by atoms with E-state index in [0.29, 0.717) is 31.0 Å². The molecule has 4 N–H and O–H groups in total. The summed E-state index contributed by atoms with van der Waals surface area (Å²) in [5.41, 5.74) is 1.24. The van der Waals surface area contributed by atoms with Crippen LogP contribution in [0.15, 0.2) is 24.3 Å². The fourth-order valence-electron chi connectivity index (χ4n) is 3.07. The Balaban J connectivity index is 1.51. The van der Waals surface area contributed by atoms with E-state index in [0.717, 1.165) is 0 Å². The van der Waals surface area contributed by atoms with E-state index in [1.807, 2.05) is 0 Å². The molecule has 0 radical (unpaired) electrons. The molecule has 2 atom stereocenters. The lowest BCUT2D eigenvalue weighted by Crippen LogP contribution is -2.42. The van der Waals surface area contributed by atoms with E-state index in [2.05, 4.69) is 16.0 Å². The molecule has 8 heteroatoms. The molecular weight excluding hydrogens is 324 g/mol. The fraction of sp³-hybridized carbons (Fsp3) is 0.471. The standard InChI is InChI=1S/C17H22N4O4/c22-14-9-18-7-11(14)8-19-15(23)5-6-17(25)21-10-16(24)20-12-3-1-2-4-13(12)21/h1-4,11,14,18,22H,5-10H2,(H,19,23)(H,20,24). The summed E-state index contributed by atoms with van der Waals surface area (Å²) >= 11 is 0. The number of aliphatic hydroxyl groups is 1. The van der Waals surface area contributed by atoms with Crippen molar-refractivity contribution >= 4 is 29.1 Å². The predicted molar refractivity (Wildman–Crippen MR) is 92.0 cm³/mol. The normalized spacial score (nSPS) is 22.3. The van der Waals surface area contributed by atoms with Crippen molar-refractivity contribution in [3.8, 4) is 0 Å². The van der Waals surface area contributed by atoms with Crippen LogP contribution in [0.3, 0.4) is 0 Å². The van der Waals surface area contributed by atoms with Gasteiger partial charge in [0.2, 0.25) is 17.7 Å². The van der Waals surface area contributed by atoms with E-state index >= 15 is 0 Å². The van der Waals surface area contributed by atoms with Crippen LogP contribution in [0.5, 0.6) is 0 Å². The van der Waals surface area contributed by atoms with Gasteiger partial charge in [0.05, 0.1) is 17.5 Å². The minimum atomic E-state index is -0.453. The van der Waals surface area contributed by atoms with Gasteiger partial charge in [-0.3, -0.25) is 14.4 Å². The molecule has 134 valence electrons. The van der Waals surface area contributed by atoms with E-state index in [-0.39, 0.29) is 43.0 Å². The van der Waals surface area contributed by atoms with Gasteiger partial charge in [-0.1, -0.05) is 12.1 Å².